The smallest absolute Gasteiger partial charge is 0.119 e. The van der Waals surface area contributed by atoms with Crippen LogP contribution in [0.25, 0.3) is 0 Å². The molecule has 114 valence electrons. The van der Waals surface area contributed by atoms with Crippen molar-refractivity contribution in [3.05, 3.63) is 52.2 Å². The lowest BCUT2D eigenvalue weighted by Gasteiger charge is -2.29. The summed E-state index contributed by atoms with van der Waals surface area (Å²) in [5.74, 6) is 0.874. The Kier molecular flexibility index (Phi) is 5.79. The number of hydrogen-bond donors (Lipinski definition) is 2. The van der Waals surface area contributed by atoms with Crippen LogP contribution >= 0.6 is 11.3 Å². The molecule has 0 aliphatic carbocycles. The summed E-state index contributed by atoms with van der Waals surface area (Å²) in [5, 5.41) is 15.3. The average molecular weight is 305 g/mol. The third kappa shape index (κ3) is 4.30. The van der Waals surface area contributed by atoms with Gasteiger partial charge in [0.15, 0.2) is 0 Å². The van der Waals surface area contributed by atoms with Crippen LogP contribution in [0.1, 0.15) is 30.7 Å². The molecule has 21 heavy (non-hydrogen) atoms. The number of aliphatic hydroxyl groups is 1. The molecule has 0 aliphatic rings. The second-order valence-corrected chi connectivity index (χ2v) is 6.33. The average Bonchev–Trinajstić information content (AvgIpc) is 3.04. The summed E-state index contributed by atoms with van der Waals surface area (Å²) in [6.07, 6.45) is 0.998. The molecular formula is C17H23NO2S. The molecule has 1 unspecified atom stereocenters. The number of hydrogen-bond acceptors (Lipinski definition) is 4. The Morgan fingerprint density at radius 2 is 2.00 bits per heavy atom. The zero-order valence-electron chi connectivity index (χ0n) is 12.6. The van der Waals surface area contributed by atoms with Crippen LogP contribution in [-0.4, -0.2) is 18.3 Å². The van der Waals surface area contributed by atoms with E-state index in [1.165, 1.54) is 4.88 Å². The van der Waals surface area contributed by atoms with Crippen molar-refractivity contribution in [3.8, 4) is 5.75 Å². The Bertz CT molecular complexity index is 524. The molecule has 2 N–H and O–H groups in total. The highest BCUT2D eigenvalue weighted by atomic mass is 32.1. The summed E-state index contributed by atoms with van der Waals surface area (Å²) < 4.78 is 5.59. The van der Waals surface area contributed by atoms with E-state index in [0.717, 1.165) is 30.9 Å². The van der Waals surface area contributed by atoms with E-state index in [-0.39, 0.29) is 6.61 Å². The Hall–Kier alpha value is -1.36. The van der Waals surface area contributed by atoms with Crippen LogP contribution in [0.15, 0.2) is 41.8 Å². The first-order valence-electron chi connectivity index (χ1n) is 7.29. The molecule has 0 amide bonds. The molecule has 1 atom stereocenters. The monoisotopic (exact) mass is 305 g/mol. The van der Waals surface area contributed by atoms with Gasteiger partial charge in [-0.05, 0) is 42.5 Å². The van der Waals surface area contributed by atoms with Crippen LogP contribution in [0.5, 0.6) is 5.75 Å². The predicted molar refractivity (Wildman–Crippen MR) is 87.8 cm³/mol. The lowest BCUT2D eigenvalue weighted by molar-refractivity contribution is 0.174. The zero-order chi connectivity index (χ0) is 15.1. The summed E-state index contributed by atoms with van der Waals surface area (Å²) in [5.41, 5.74) is 0.609. The molecule has 0 bridgehead atoms. The molecule has 0 saturated heterocycles. The fraction of sp³-hybridized carbons (Fsp3) is 0.412. The van der Waals surface area contributed by atoms with Crippen LogP contribution in [0, 0.1) is 0 Å². The maximum absolute atomic E-state index is 9.79. The number of aliphatic hydroxyl groups excluding tert-OH is 1. The molecule has 0 fully saturated rings. The first-order chi connectivity index (χ1) is 10.2. The topological polar surface area (TPSA) is 41.5 Å². The maximum atomic E-state index is 9.79. The van der Waals surface area contributed by atoms with Crippen LogP contribution in [0.3, 0.4) is 0 Å². The number of rotatable bonds is 8. The molecule has 3 nitrogen and oxygen atoms in total. The van der Waals surface area contributed by atoms with Gasteiger partial charge in [-0.3, -0.25) is 0 Å². The molecule has 4 heteroatoms. The Labute approximate surface area is 130 Å². The normalized spacial score (nSPS) is 13.9. The van der Waals surface area contributed by atoms with Crippen molar-refractivity contribution in [2.75, 3.05) is 13.2 Å². The van der Waals surface area contributed by atoms with E-state index >= 15 is 0 Å². The summed E-state index contributed by atoms with van der Waals surface area (Å²) >= 11 is 1.72. The number of thiophene rings is 1. The fourth-order valence-corrected chi connectivity index (χ4v) is 2.73. The fourth-order valence-electron chi connectivity index (χ4n) is 2.08. The highest BCUT2D eigenvalue weighted by Crippen LogP contribution is 2.24. The third-order valence-electron chi connectivity index (χ3n) is 3.51. The minimum atomic E-state index is -0.451. The van der Waals surface area contributed by atoms with Gasteiger partial charge in [0.2, 0.25) is 0 Å². The summed E-state index contributed by atoms with van der Waals surface area (Å²) in [6.45, 7) is 5.64. The number of ether oxygens (including phenoxy) is 1. The van der Waals surface area contributed by atoms with Crippen molar-refractivity contribution in [3.63, 3.8) is 0 Å². The van der Waals surface area contributed by atoms with Gasteiger partial charge in [0, 0.05) is 11.4 Å². The maximum Gasteiger partial charge on any atom is 0.119 e. The molecule has 0 saturated carbocycles. The second-order valence-electron chi connectivity index (χ2n) is 5.30. The highest BCUT2D eigenvalue weighted by Gasteiger charge is 2.25. The molecule has 1 heterocycles. The van der Waals surface area contributed by atoms with Crippen molar-refractivity contribution < 1.29 is 9.84 Å². The van der Waals surface area contributed by atoms with Gasteiger partial charge in [-0.1, -0.05) is 25.1 Å². The molecule has 1 aromatic carbocycles. The lowest BCUT2D eigenvalue weighted by Crippen LogP contribution is -2.42. The third-order valence-corrected chi connectivity index (χ3v) is 4.39. The van der Waals surface area contributed by atoms with E-state index in [1.807, 2.05) is 37.3 Å². The van der Waals surface area contributed by atoms with Gasteiger partial charge in [-0.25, -0.2) is 0 Å². The van der Waals surface area contributed by atoms with Gasteiger partial charge in [-0.15, -0.1) is 11.3 Å². The van der Waals surface area contributed by atoms with Gasteiger partial charge < -0.3 is 15.2 Å². The lowest BCUT2D eigenvalue weighted by atomic mass is 9.92. The van der Waals surface area contributed by atoms with Crippen molar-refractivity contribution in [2.24, 2.45) is 0 Å². The second kappa shape index (κ2) is 7.59. The minimum absolute atomic E-state index is 0.0491. The van der Waals surface area contributed by atoms with E-state index in [2.05, 4.69) is 23.7 Å². The van der Waals surface area contributed by atoms with Crippen molar-refractivity contribution >= 4 is 11.3 Å². The first-order valence-corrected chi connectivity index (χ1v) is 8.17. The van der Waals surface area contributed by atoms with Crippen molar-refractivity contribution in [2.45, 2.75) is 32.4 Å². The van der Waals surface area contributed by atoms with Gasteiger partial charge in [0.25, 0.3) is 0 Å². The Balaban J connectivity index is 2.04. The van der Waals surface area contributed by atoms with Crippen LogP contribution in [0.4, 0.5) is 0 Å². The number of benzene rings is 1. The first kappa shape index (κ1) is 16.0. The summed E-state index contributed by atoms with van der Waals surface area (Å²) in [6, 6.07) is 12.1. The molecule has 1 aromatic heterocycles. The standard InChI is InChI=1S/C17H23NO2S/c1-3-10-20-15-8-6-14(7-9-15)17(2,13-19)18-12-16-5-4-11-21-16/h4-9,11,18-19H,3,10,12-13H2,1-2H3. The molecule has 2 aromatic rings. The molecule has 0 radical (unpaired) electrons. The summed E-state index contributed by atoms with van der Waals surface area (Å²) in [4.78, 5) is 1.26. The van der Waals surface area contributed by atoms with E-state index in [9.17, 15) is 5.11 Å². The van der Waals surface area contributed by atoms with Crippen LogP contribution < -0.4 is 10.1 Å². The highest BCUT2D eigenvalue weighted by molar-refractivity contribution is 7.09. The van der Waals surface area contributed by atoms with Crippen molar-refractivity contribution in [1.82, 2.24) is 5.32 Å². The molecule has 0 spiro atoms. The molecular weight excluding hydrogens is 282 g/mol. The zero-order valence-corrected chi connectivity index (χ0v) is 13.5. The van der Waals surface area contributed by atoms with E-state index in [4.69, 9.17) is 4.74 Å². The minimum Gasteiger partial charge on any atom is -0.494 e. The van der Waals surface area contributed by atoms with E-state index in [1.54, 1.807) is 11.3 Å². The van der Waals surface area contributed by atoms with Gasteiger partial charge >= 0.3 is 0 Å². The number of nitrogens with one attached hydrogen (secondary N) is 1. The largest absolute Gasteiger partial charge is 0.494 e. The van der Waals surface area contributed by atoms with Gasteiger partial charge in [0.1, 0.15) is 5.75 Å². The molecule has 0 aliphatic heterocycles. The van der Waals surface area contributed by atoms with Crippen LogP contribution in [0.2, 0.25) is 0 Å². The SMILES string of the molecule is CCCOc1ccc(C(C)(CO)NCc2cccs2)cc1. The van der Waals surface area contributed by atoms with E-state index < -0.39 is 5.54 Å². The Morgan fingerprint density at radius 3 is 2.57 bits per heavy atom. The van der Waals surface area contributed by atoms with Gasteiger partial charge in [-0.2, -0.15) is 0 Å². The van der Waals surface area contributed by atoms with Crippen LogP contribution in [-0.2, 0) is 12.1 Å². The predicted octanol–water partition coefficient (Wildman–Crippen LogP) is 3.53. The quantitative estimate of drug-likeness (QED) is 0.784. The van der Waals surface area contributed by atoms with E-state index in [0.29, 0.717) is 0 Å². The summed E-state index contributed by atoms with van der Waals surface area (Å²) in [7, 11) is 0. The molecule has 2 rings (SSSR count). The Morgan fingerprint density at radius 1 is 1.24 bits per heavy atom. The van der Waals surface area contributed by atoms with Gasteiger partial charge in [0.05, 0.1) is 18.8 Å². The van der Waals surface area contributed by atoms with Crippen molar-refractivity contribution in [1.29, 1.82) is 0 Å².